The van der Waals surface area contributed by atoms with Crippen LogP contribution in [0.15, 0.2) is 60.0 Å². The molecule has 39 heavy (non-hydrogen) atoms. The van der Waals surface area contributed by atoms with Gasteiger partial charge in [0.1, 0.15) is 0 Å². The average molecular weight is 561 g/mol. The molecule has 0 aliphatic carbocycles. The molecule has 1 unspecified atom stereocenters. The lowest BCUT2D eigenvalue weighted by molar-refractivity contribution is -0.138. The first-order valence-corrected chi connectivity index (χ1v) is 13.1. The topological polar surface area (TPSA) is 111 Å². The van der Waals surface area contributed by atoms with Gasteiger partial charge in [0.05, 0.1) is 29.4 Å². The number of alkyl halides is 3. The SMILES string of the molecule is O=C(O)CC(NC(=O)c1ccc(N2CCCNCC2)c(NC(=O)c2cccc(C(F)(F)F)c2)c1)c1cccs1. The Morgan fingerprint density at radius 3 is 2.51 bits per heavy atom. The molecule has 2 heterocycles. The van der Waals surface area contributed by atoms with Crippen molar-refractivity contribution in [2.75, 3.05) is 36.4 Å². The third-order valence-corrected chi connectivity index (χ3v) is 7.20. The van der Waals surface area contributed by atoms with Crippen LogP contribution in [-0.4, -0.2) is 49.1 Å². The maximum atomic E-state index is 13.2. The Labute approximate surface area is 226 Å². The number of hydrogen-bond acceptors (Lipinski definition) is 6. The van der Waals surface area contributed by atoms with Gasteiger partial charge in [0.25, 0.3) is 11.8 Å². The molecule has 4 rings (SSSR count). The molecule has 12 heteroatoms. The van der Waals surface area contributed by atoms with Crippen LogP contribution in [0.2, 0.25) is 0 Å². The van der Waals surface area contributed by atoms with Crippen molar-refractivity contribution in [3.05, 3.63) is 81.5 Å². The van der Waals surface area contributed by atoms with Crippen molar-refractivity contribution in [3.63, 3.8) is 0 Å². The highest BCUT2D eigenvalue weighted by atomic mass is 32.1. The lowest BCUT2D eigenvalue weighted by Gasteiger charge is -2.26. The summed E-state index contributed by atoms with van der Waals surface area (Å²) in [6.07, 6.45) is -4.08. The van der Waals surface area contributed by atoms with Crippen molar-refractivity contribution >= 4 is 40.5 Å². The van der Waals surface area contributed by atoms with Gasteiger partial charge in [0.2, 0.25) is 0 Å². The Balaban J connectivity index is 1.64. The minimum absolute atomic E-state index is 0.165. The van der Waals surface area contributed by atoms with Crippen LogP contribution in [0.1, 0.15) is 50.0 Å². The molecule has 8 nitrogen and oxygen atoms in total. The van der Waals surface area contributed by atoms with Gasteiger partial charge in [-0.05, 0) is 60.8 Å². The predicted molar refractivity (Wildman–Crippen MR) is 142 cm³/mol. The number of carboxylic acid groups (broad SMARTS) is 1. The highest BCUT2D eigenvalue weighted by molar-refractivity contribution is 7.10. The molecule has 1 aromatic heterocycles. The Kier molecular flexibility index (Phi) is 8.87. The van der Waals surface area contributed by atoms with Crippen LogP contribution in [0, 0.1) is 0 Å². The van der Waals surface area contributed by atoms with E-state index >= 15 is 0 Å². The number of anilines is 2. The lowest BCUT2D eigenvalue weighted by atomic mass is 10.1. The molecule has 1 aliphatic heterocycles. The van der Waals surface area contributed by atoms with E-state index in [0.29, 0.717) is 30.2 Å². The van der Waals surface area contributed by atoms with Gasteiger partial charge >= 0.3 is 12.1 Å². The van der Waals surface area contributed by atoms with E-state index in [1.807, 2.05) is 4.90 Å². The molecule has 1 aliphatic rings. The number of carboxylic acids is 1. The summed E-state index contributed by atoms with van der Waals surface area (Å²) in [5, 5.41) is 19.8. The molecule has 206 valence electrons. The van der Waals surface area contributed by atoms with Gasteiger partial charge < -0.3 is 26.0 Å². The van der Waals surface area contributed by atoms with Crippen molar-refractivity contribution in [2.24, 2.45) is 0 Å². The maximum Gasteiger partial charge on any atom is 0.416 e. The fourth-order valence-electron chi connectivity index (χ4n) is 4.30. The van der Waals surface area contributed by atoms with Gasteiger partial charge in [0, 0.05) is 35.6 Å². The summed E-state index contributed by atoms with van der Waals surface area (Å²) in [7, 11) is 0. The molecule has 1 atom stereocenters. The Morgan fingerprint density at radius 1 is 1.00 bits per heavy atom. The minimum atomic E-state index is -4.60. The molecule has 1 saturated heterocycles. The standard InChI is InChI=1S/C27H27F3N4O4S/c28-27(29,30)19-5-1-4-17(14-19)25(37)32-20-15-18(7-8-22(20)34-11-3-9-31-10-12-34)26(38)33-21(16-24(35)36)23-6-2-13-39-23/h1-2,4-8,13-15,21,31H,3,9-12,16H2,(H,32,37)(H,33,38)(H,35,36). The summed E-state index contributed by atoms with van der Waals surface area (Å²) in [5.41, 5.74) is -0.0747. The second kappa shape index (κ2) is 12.3. The summed E-state index contributed by atoms with van der Waals surface area (Å²) in [6, 6.07) is 11.6. The third-order valence-electron chi connectivity index (χ3n) is 6.21. The first-order chi connectivity index (χ1) is 18.6. The van der Waals surface area contributed by atoms with E-state index in [4.69, 9.17) is 0 Å². The number of halogens is 3. The van der Waals surface area contributed by atoms with Gasteiger partial charge in [-0.2, -0.15) is 13.2 Å². The summed E-state index contributed by atoms with van der Waals surface area (Å²) in [4.78, 5) is 40.3. The van der Waals surface area contributed by atoms with Crippen LogP contribution < -0.4 is 20.9 Å². The van der Waals surface area contributed by atoms with Crippen LogP contribution in [0.5, 0.6) is 0 Å². The number of hydrogen-bond donors (Lipinski definition) is 4. The molecular formula is C27H27F3N4O4S. The molecule has 0 spiro atoms. The third kappa shape index (κ3) is 7.36. The number of carbonyl (C=O) groups is 3. The Morgan fingerprint density at radius 2 is 1.79 bits per heavy atom. The quantitative estimate of drug-likeness (QED) is 0.316. The first kappa shape index (κ1) is 28.1. The summed E-state index contributed by atoms with van der Waals surface area (Å²) in [6.45, 7) is 2.80. The highest BCUT2D eigenvalue weighted by Gasteiger charge is 2.31. The summed E-state index contributed by atoms with van der Waals surface area (Å²) in [5.74, 6) is -2.38. The van der Waals surface area contributed by atoms with Gasteiger partial charge in [0.15, 0.2) is 0 Å². The zero-order valence-electron chi connectivity index (χ0n) is 20.8. The second-order valence-corrected chi connectivity index (χ2v) is 9.97. The molecule has 0 radical (unpaired) electrons. The van der Waals surface area contributed by atoms with Crippen molar-refractivity contribution in [2.45, 2.75) is 25.1 Å². The molecule has 2 aromatic carbocycles. The number of benzene rings is 2. The molecular weight excluding hydrogens is 533 g/mol. The summed E-state index contributed by atoms with van der Waals surface area (Å²) >= 11 is 1.32. The number of carbonyl (C=O) groups excluding carboxylic acids is 2. The van der Waals surface area contributed by atoms with Crippen LogP contribution >= 0.6 is 11.3 Å². The van der Waals surface area contributed by atoms with Crippen LogP contribution in [0.4, 0.5) is 24.5 Å². The molecule has 3 aromatic rings. The number of nitrogens with one attached hydrogen (secondary N) is 3. The Bertz CT molecular complexity index is 1320. The van der Waals surface area contributed by atoms with E-state index in [9.17, 15) is 32.7 Å². The molecule has 4 N–H and O–H groups in total. The van der Waals surface area contributed by atoms with Crippen LogP contribution in [-0.2, 0) is 11.0 Å². The summed E-state index contributed by atoms with van der Waals surface area (Å²) < 4.78 is 39.6. The fourth-order valence-corrected chi connectivity index (χ4v) is 5.08. The second-order valence-electron chi connectivity index (χ2n) is 8.99. The normalized spacial score (nSPS) is 14.8. The number of rotatable bonds is 8. The number of aliphatic carboxylic acids is 1. The minimum Gasteiger partial charge on any atom is -0.481 e. The van der Waals surface area contributed by atoms with E-state index in [-0.39, 0.29) is 23.2 Å². The van der Waals surface area contributed by atoms with E-state index in [0.717, 1.165) is 31.2 Å². The zero-order valence-corrected chi connectivity index (χ0v) is 21.6. The van der Waals surface area contributed by atoms with Crippen molar-refractivity contribution < 1.29 is 32.7 Å². The smallest absolute Gasteiger partial charge is 0.416 e. The first-order valence-electron chi connectivity index (χ1n) is 12.3. The molecule has 0 saturated carbocycles. The van der Waals surface area contributed by atoms with E-state index in [1.54, 1.807) is 29.6 Å². The van der Waals surface area contributed by atoms with Crippen molar-refractivity contribution in [1.29, 1.82) is 0 Å². The van der Waals surface area contributed by atoms with E-state index in [1.165, 1.54) is 23.5 Å². The average Bonchev–Trinajstić information content (AvgIpc) is 3.30. The van der Waals surface area contributed by atoms with E-state index < -0.39 is 35.6 Å². The van der Waals surface area contributed by atoms with E-state index in [2.05, 4.69) is 16.0 Å². The van der Waals surface area contributed by atoms with Gasteiger partial charge in [-0.15, -0.1) is 11.3 Å². The predicted octanol–water partition coefficient (Wildman–Crippen LogP) is 4.76. The van der Waals surface area contributed by atoms with Crippen molar-refractivity contribution in [3.8, 4) is 0 Å². The molecule has 1 fully saturated rings. The van der Waals surface area contributed by atoms with Gasteiger partial charge in [-0.25, -0.2) is 0 Å². The number of thiophene rings is 1. The van der Waals surface area contributed by atoms with Gasteiger partial charge in [-0.1, -0.05) is 12.1 Å². The lowest BCUT2D eigenvalue weighted by Crippen LogP contribution is -2.31. The van der Waals surface area contributed by atoms with Crippen LogP contribution in [0.3, 0.4) is 0 Å². The largest absolute Gasteiger partial charge is 0.481 e. The fraction of sp³-hybridized carbons (Fsp3) is 0.296. The van der Waals surface area contributed by atoms with Crippen molar-refractivity contribution in [1.82, 2.24) is 10.6 Å². The zero-order chi connectivity index (χ0) is 28.0. The molecule has 0 bridgehead atoms. The maximum absolute atomic E-state index is 13.2. The Hall–Kier alpha value is -3.90. The molecule has 2 amide bonds. The van der Waals surface area contributed by atoms with Crippen LogP contribution in [0.25, 0.3) is 0 Å². The number of amides is 2. The highest BCUT2D eigenvalue weighted by Crippen LogP contribution is 2.32. The van der Waals surface area contributed by atoms with Gasteiger partial charge in [-0.3, -0.25) is 14.4 Å². The monoisotopic (exact) mass is 560 g/mol. The number of nitrogens with zero attached hydrogens (tertiary/aromatic N) is 1.